The van der Waals surface area contributed by atoms with Crippen molar-refractivity contribution in [2.45, 2.75) is 37.8 Å². The lowest BCUT2D eigenvalue weighted by atomic mass is 10.1. The normalized spacial score (nSPS) is 12.5. The van der Waals surface area contributed by atoms with Gasteiger partial charge in [0.05, 0.1) is 24.2 Å². The van der Waals surface area contributed by atoms with E-state index in [1.807, 2.05) is 39.0 Å². The number of ether oxygens (including phenoxy) is 2. The number of amides is 1. The summed E-state index contributed by atoms with van der Waals surface area (Å²) in [7, 11) is -0.632. The van der Waals surface area contributed by atoms with Crippen molar-refractivity contribution in [3.05, 3.63) is 53.6 Å². The molecule has 0 saturated carbocycles. The third-order valence-corrected chi connectivity index (χ3v) is 5.52. The standard InChI is InChI=1S/C20H26N2O5S/c1-13(2)27-18-11-8-16(12-19(18)26-5)14(3)22-20(23)15-6-9-17(10-7-15)28(24,25)21-4/h6-14,21H,1-5H3,(H,22,23). The van der Waals surface area contributed by atoms with E-state index in [1.165, 1.54) is 31.3 Å². The molecule has 2 aromatic carbocycles. The van der Waals surface area contributed by atoms with Crippen molar-refractivity contribution in [2.75, 3.05) is 14.2 Å². The van der Waals surface area contributed by atoms with Crippen LogP contribution in [0.1, 0.15) is 42.7 Å². The molecule has 0 saturated heterocycles. The van der Waals surface area contributed by atoms with Gasteiger partial charge in [0.15, 0.2) is 11.5 Å². The van der Waals surface area contributed by atoms with Gasteiger partial charge in [-0.3, -0.25) is 4.79 Å². The number of carbonyl (C=O) groups excluding carboxylic acids is 1. The molecule has 2 rings (SSSR count). The molecule has 8 heteroatoms. The first-order valence-corrected chi connectivity index (χ1v) is 10.3. The van der Waals surface area contributed by atoms with Gasteiger partial charge in [0.1, 0.15) is 0 Å². The lowest BCUT2D eigenvalue weighted by molar-refractivity contribution is 0.0939. The van der Waals surface area contributed by atoms with E-state index in [2.05, 4.69) is 10.0 Å². The Kier molecular flexibility index (Phi) is 7.04. The molecule has 1 atom stereocenters. The van der Waals surface area contributed by atoms with E-state index in [0.717, 1.165) is 5.56 Å². The third-order valence-electron chi connectivity index (χ3n) is 4.09. The molecule has 0 heterocycles. The largest absolute Gasteiger partial charge is 0.493 e. The molecule has 7 nitrogen and oxygen atoms in total. The molecule has 0 aliphatic carbocycles. The van der Waals surface area contributed by atoms with Crippen molar-refractivity contribution in [3.63, 3.8) is 0 Å². The summed E-state index contributed by atoms with van der Waals surface area (Å²) in [5, 5.41) is 2.90. The highest BCUT2D eigenvalue weighted by Gasteiger charge is 2.16. The second-order valence-corrected chi connectivity index (χ2v) is 8.39. The first kappa shape index (κ1) is 21.7. The van der Waals surface area contributed by atoms with Crippen molar-refractivity contribution in [1.29, 1.82) is 0 Å². The summed E-state index contributed by atoms with van der Waals surface area (Å²) in [6, 6.07) is 11.0. The van der Waals surface area contributed by atoms with Gasteiger partial charge in [-0.1, -0.05) is 6.07 Å². The van der Waals surface area contributed by atoms with Crippen LogP contribution in [0.3, 0.4) is 0 Å². The molecule has 0 aliphatic rings. The number of hydrogen-bond donors (Lipinski definition) is 2. The minimum atomic E-state index is -3.53. The van der Waals surface area contributed by atoms with Gasteiger partial charge >= 0.3 is 0 Å². The molecule has 28 heavy (non-hydrogen) atoms. The molecular formula is C20H26N2O5S. The molecule has 0 bridgehead atoms. The number of nitrogens with one attached hydrogen (secondary N) is 2. The first-order valence-electron chi connectivity index (χ1n) is 8.87. The van der Waals surface area contributed by atoms with Crippen LogP contribution in [-0.2, 0) is 10.0 Å². The van der Waals surface area contributed by atoms with E-state index >= 15 is 0 Å². The fourth-order valence-electron chi connectivity index (χ4n) is 2.57. The average Bonchev–Trinajstić information content (AvgIpc) is 2.67. The number of sulfonamides is 1. The van der Waals surface area contributed by atoms with Crippen molar-refractivity contribution < 1.29 is 22.7 Å². The topological polar surface area (TPSA) is 93.7 Å². The van der Waals surface area contributed by atoms with Crippen LogP contribution in [0.2, 0.25) is 0 Å². The van der Waals surface area contributed by atoms with Crippen LogP contribution in [-0.4, -0.2) is 34.6 Å². The van der Waals surface area contributed by atoms with Crippen molar-refractivity contribution >= 4 is 15.9 Å². The molecule has 2 aromatic rings. The maximum Gasteiger partial charge on any atom is 0.251 e. The van der Waals surface area contributed by atoms with Crippen LogP contribution in [0.15, 0.2) is 47.4 Å². The summed E-state index contributed by atoms with van der Waals surface area (Å²) in [4.78, 5) is 12.6. The number of hydrogen-bond acceptors (Lipinski definition) is 5. The van der Waals surface area contributed by atoms with Gasteiger partial charge in [0.25, 0.3) is 5.91 Å². The van der Waals surface area contributed by atoms with Crippen LogP contribution in [0.5, 0.6) is 11.5 Å². The highest BCUT2D eigenvalue weighted by atomic mass is 32.2. The molecule has 0 fully saturated rings. The van der Waals surface area contributed by atoms with E-state index in [9.17, 15) is 13.2 Å². The van der Waals surface area contributed by atoms with E-state index in [1.54, 1.807) is 7.11 Å². The summed E-state index contributed by atoms with van der Waals surface area (Å²) in [5.74, 6) is 0.928. The minimum Gasteiger partial charge on any atom is -0.493 e. The summed E-state index contributed by atoms with van der Waals surface area (Å²) in [6.45, 7) is 5.72. The maximum absolute atomic E-state index is 12.5. The zero-order valence-corrected chi connectivity index (χ0v) is 17.5. The van der Waals surface area contributed by atoms with Gasteiger partial charge in [-0.2, -0.15) is 0 Å². The smallest absolute Gasteiger partial charge is 0.251 e. The summed E-state index contributed by atoms with van der Waals surface area (Å²) >= 11 is 0. The van der Waals surface area contributed by atoms with Crippen molar-refractivity contribution in [1.82, 2.24) is 10.0 Å². The number of benzene rings is 2. The van der Waals surface area contributed by atoms with Crippen LogP contribution in [0, 0.1) is 0 Å². The monoisotopic (exact) mass is 406 g/mol. The van der Waals surface area contributed by atoms with Crippen molar-refractivity contribution in [3.8, 4) is 11.5 Å². The fraction of sp³-hybridized carbons (Fsp3) is 0.350. The van der Waals surface area contributed by atoms with Crippen LogP contribution in [0.4, 0.5) is 0 Å². The molecular weight excluding hydrogens is 380 g/mol. The zero-order valence-electron chi connectivity index (χ0n) is 16.6. The molecule has 0 aliphatic heterocycles. The Morgan fingerprint density at radius 1 is 1.00 bits per heavy atom. The van der Waals surface area contributed by atoms with Gasteiger partial charge in [0, 0.05) is 5.56 Å². The van der Waals surface area contributed by atoms with E-state index in [0.29, 0.717) is 17.1 Å². The van der Waals surface area contributed by atoms with Crippen LogP contribution >= 0.6 is 0 Å². The molecule has 0 radical (unpaired) electrons. The highest BCUT2D eigenvalue weighted by Crippen LogP contribution is 2.31. The molecule has 0 aromatic heterocycles. The first-order chi connectivity index (χ1) is 13.2. The van der Waals surface area contributed by atoms with E-state index in [4.69, 9.17) is 9.47 Å². The van der Waals surface area contributed by atoms with Gasteiger partial charge in [-0.05, 0) is 69.8 Å². The predicted molar refractivity (Wildman–Crippen MR) is 107 cm³/mol. The summed E-state index contributed by atoms with van der Waals surface area (Å²) in [6.07, 6.45) is 0.0200. The quantitative estimate of drug-likeness (QED) is 0.703. The lowest BCUT2D eigenvalue weighted by Gasteiger charge is -2.18. The fourth-order valence-corrected chi connectivity index (χ4v) is 3.30. The van der Waals surface area contributed by atoms with Gasteiger partial charge in [-0.25, -0.2) is 13.1 Å². The SMILES string of the molecule is CNS(=O)(=O)c1ccc(C(=O)NC(C)c2ccc(OC(C)C)c(OC)c2)cc1. The van der Waals surface area contributed by atoms with Crippen molar-refractivity contribution in [2.24, 2.45) is 0 Å². The lowest BCUT2D eigenvalue weighted by Crippen LogP contribution is -2.26. The molecule has 1 unspecified atom stereocenters. The van der Waals surface area contributed by atoms with Crippen LogP contribution < -0.4 is 19.5 Å². The predicted octanol–water partition coefficient (Wildman–Crippen LogP) is 2.88. The molecule has 152 valence electrons. The second kappa shape index (κ2) is 9.07. The molecule has 1 amide bonds. The number of rotatable bonds is 8. The highest BCUT2D eigenvalue weighted by molar-refractivity contribution is 7.89. The molecule has 0 spiro atoms. The summed E-state index contributed by atoms with van der Waals surface area (Å²) < 4.78 is 36.9. The Hall–Kier alpha value is -2.58. The average molecular weight is 407 g/mol. The Balaban J connectivity index is 2.14. The van der Waals surface area contributed by atoms with E-state index < -0.39 is 10.0 Å². The Bertz CT molecular complexity index is 924. The van der Waals surface area contributed by atoms with Gasteiger partial charge in [-0.15, -0.1) is 0 Å². The zero-order chi connectivity index (χ0) is 20.9. The van der Waals surface area contributed by atoms with Crippen LogP contribution in [0.25, 0.3) is 0 Å². The van der Waals surface area contributed by atoms with Gasteiger partial charge in [0.2, 0.25) is 10.0 Å². The Morgan fingerprint density at radius 2 is 1.64 bits per heavy atom. The summed E-state index contributed by atoms with van der Waals surface area (Å²) in [5.41, 5.74) is 1.23. The molecule has 2 N–H and O–H groups in total. The number of carbonyl (C=O) groups is 1. The number of methoxy groups -OCH3 is 1. The van der Waals surface area contributed by atoms with E-state index in [-0.39, 0.29) is 22.9 Å². The Labute approximate surface area is 166 Å². The third kappa shape index (κ3) is 5.24. The Morgan fingerprint density at radius 3 is 2.18 bits per heavy atom. The van der Waals surface area contributed by atoms with Gasteiger partial charge < -0.3 is 14.8 Å². The maximum atomic E-state index is 12.5. The minimum absolute atomic E-state index is 0.0200. The second-order valence-electron chi connectivity index (χ2n) is 6.50.